The molecule has 0 radical (unpaired) electrons. The SMILES string of the molecule is CNC(C)c1ccnc(N(C)Cc2cccc(Br)c2)c1. The number of nitrogens with one attached hydrogen (secondary N) is 1. The third-order valence-electron chi connectivity index (χ3n) is 3.40. The van der Waals surface area contributed by atoms with Gasteiger partial charge in [-0.05, 0) is 49.4 Å². The Balaban J connectivity index is 2.14. The summed E-state index contributed by atoms with van der Waals surface area (Å²) in [6.45, 7) is 2.98. The van der Waals surface area contributed by atoms with Crippen LogP contribution in [-0.2, 0) is 6.54 Å². The second kappa shape index (κ2) is 6.86. The highest BCUT2D eigenvalue weighted by Gasteiger charge is 2.08. The van der Waals surface area contributed by atoms with Crippen molar-refractivity contribution in [3.05, 3.63) is 58.2 Å². The summed E-state index contributed by atoms with van der Waals surface area (Å²) in [5, 5.41) is 3.25. The van der Waals surface area contributed by atoms with Crippen LogP contribution in [0.4, 0.5) is 5.82 Å². The zero-order valence-corrected chi connectivity index (χ0v) is 13.7. The van der Waals surface area contributed by atoms with E-state index in [1.54, 1.807) is 0 Å². The molecule has 2 rings (SSSR count). The van der Waals surface area contributed by atoms with E-state index in [9.17, 15) is 0 Å². The van der Waals surface area contributed by atoms with Crippen molar-refractivity contribution in [2.45, 2.75) is 19.5 Å². The molecule has 1 unspecified atom stereocenters. The van der Waals surface area contributed by atoms with Crippen LogP contribution in [0.1, 0.15) is 24.1 Å². The van der Waals surface area contributed by atoms with Crippen molar-refractivity contribution in [3.8, 4) is 0 Å². The molecule has 1 N–H and O–H groups in total. The third-order valence-corrected chi connectivity index (χ3v) is 3.90. The summed E-state index contributed by atoms with van der Waals surface area (Å²) < 4.78 is 1.11. The van der Waals surface area contributed by atoms with E-state index >= 15 is 0 Å². The first-order valence-electron chi connectivity index (χ1n) is 6.69. The third kappa shape index (κ3) is 3.81. The molecule has 1 atom stereocenters. The molecule has 2 aromatic rings. The molecule has 0 amide bonds. The summed E-state index contributed by atoms with van der Waals surface area (Å²) in [6, 6.07) is 12.9. The van der Waals surface area contributed by atoms with Gasteiger partial charge >= 0.3 is 0 Å². The minimum Gasteiger partial charge on any atom is -0.355 e. The van der Waals surface area contributed by atoms with Gasteiger partial charge in [-0.2, -0.15) is 0 Å². The smallest absolute Gasteiger partial charge is 0.128 e. The average Bonchev–Trinajstić information content (AvgIpc) is 2.46. The molecule has 1 aromatic heterocycles. The highest BCUT2D eigenvalue weighted by molar-refractivity contribution is 9.10. The fourth-order valence-electron chi connectivity index (χ4n) is 2.07. The lowest BCUT2D eigenvalue weighted by atomic mass is 10.1. The maximum atomic E-state index is 4.46. The van der Waals surface area contributed by atoms with Gasteiger partial charge in [-0.15, -0.1) is 0 Å². The van der Waals surface area contributed by atoms with Gasteiger partial charge in [-0.1, -0.05) is 28.1 Å². The Bertz CT molecular complexity index is 571. The van der Waals surface area contributed by atoms with E-state index in [4.69, 9.17) is 0 Å². The lowest BCUT2D eigenvalue weighted by molar-refractivity contribution is 0.651. The molecular weight excluding hydrogens is 314 g/mol. The number of rotatable bonds is 5. The highest BCUT2D eigenvalue weighted by Crippen LogP contribution is 2.19. The molecule has 0 saturated heterocycles. The first-order chi connectivity index (χ1) is 9.60. The van der Waals surface area contributed by atoms with Gasteiger partial charge in [0.1, 0.15) is 5.82 Å². The zero-order valence-electron chi connectivity index (χ0n) is 12.1. The normalized spacial score (nSPS) is 12.2. The molecule has 3 nitrogen and oxygen atoms in total. The van der Waals surface area contributed by atoms with Crippen molar-refractivity contribution in [1.82, 2.24) is 10.3 Å². The van der Waals surface area contributed by atoms with Crippen LogP contribution >= 0.6 is 15.9 Å². The number of benzene rings is 1. The van der Waals surface area contributed by atoms with E-state index in [0.29, 0.717) is 6.04 Å². The first-order valence-corrected chi connectivity index (χ1v) is 7.48. The number of hydrogen-bond donors (Lipinski definition) is 1. The standard InChI is InChI=1S/C16H20BrN3/c1-12(18-2)14-7-8-19-16(10-14)20(3)11-13-5-4-6-15(17)9-13/h4-10,12,18H,11H2,1-3H3. The minimum atomic E-state index is 0.330. The molecule has 0 bridgehead atoms. The maximum absolute atomic E-state index is 4.46. The van der Waals surface area contributed by atoms with Crippen molar-refractivity contribution in [1.29, 1.82) is 0 Å². The molecule has 1 heterocycles. The monoisotopic (exact) mass is 333 g/mol. The fourth-order valence-corrected chi connectivity index (χ4v) is 2.52. The minimum absolute atomic E-state index is 0.330. The maximum Gasteiger partial charge on any atom is 0.128 e. The highest BCUT2D eigenvalue weighted by atomic mass is 79.9. The van der Waals surface area contributed by atoms with E-state index in [1.165, 1.54) is 11.1 Å². The lowest BCUT2D eigenvalue weighted by Gasteiger charge is -2.20. The van der Waals surface area contributed by atoms with Crippen LogP contribution in [0.15, 0.2) is 47.1 Å². The number of halogens is 1. The Labute approximate surface area is 129 Å². The van der Waals surface area contributed by atoms with Crippen LogP contribution in [0, 0.1) is 0 Å². The number of anilines is 1. The molecular formula is C16H20BrN3. The van der Waals surface area contributed by atoms with Crippen molar-refractivity contribution < 1.29 is 0 Å². The van der Waals surface area contributed by atoms with Crippen LogP contribution in [0.5, 0.6) is 0 Å². The second-order valence-electron chi connectivity index (χ2n) is 4.94. The van der Waals surface area contributed by atoms with Gasteiger partial charge in [-0.3, -0.25) is 0 Å². The molecule has 4 heteroatoms. The summed E-state index contributed by atoms with van der Waals surface area (Å²) in [6.07, 6.45) is 1.87. The summed E-state index contributed by atoms with van der Waals surface area (Å²) in [5.74, 6) is 0.990. The molecule has 1 aromatic carbocycles. The average molecular weight is 334 g/mol. The summed E-state index contributed by atoms with van der Waals surface area (Å²) >= 11 is 3.51. The molecule has 0 spiro atoms. The predicted octanol–water partition coefficient (Wildman–Crippen LogP) is 3.76. The number of pyridine rings is 1. The van der Waals surface area contributed by atoms with Gasteiger partial charge in [-0.25, -0.2) is 4.98 Å². The molecule has 0 aliphatic rings. The Kier molecular flexibility index (Phi) is 5.15. The van der Waals surface area contributed by atoms with Crippen molar-refractivity contribution in [2.24, 2.45) is 0 Å². The van der Waals surface area contributed by atoms with Crippen molar-refractivity contribution in [3.63, 3.8) is 0 Å². The Hall–Kier alpha value is -1.39. The van der Waals surface area contributed by atoms with Gasteiger partial charge in [0.25, 0.3) is 0 Å². The lowest BCUT2D eigenvalue weighted by Crippen LogP contribution is -2.19. The summed E-state index contributed by atoms with van der Waals surface area (Å²) in [4.78, 5) is 6.62. The Morgan fingerprint density at radius 3 is 2.80 bits per heavy atom. The van der Waals surface area contributed by atoms with Gasteiger partial charge < -0.3 is 10.2 Å². The molecule has 106 valence electrons. The number of hydrogen-bond acceptors (Lipinski definition) is 3. The van der Waals surface area contributed by atoms with Crippen LogP contribution in [0.2, 0.25) is 0 Å². The van der Waals surface area contributed by atoms with E-state index in [-0.39, 0.29) is 0 Å². The summed E-state index contributed by atoms with van der Waals surface area (Å²) in [5.41, 5.74) is 2.51. The fraction of sp³-hybridized carbons (Fsp3) is 0.312. The summed E-state index contributed by atoms with van der Waals surface area (Å²) in [7, 11) is 4.03. The predicted molar refractivity (Wildman–Crippen MR) is 88.0 cm³/mol. The quantitative estimate of drug-likeness (QED) is 0.902. The van der Waals surface area contributed by atoms with Crippen molar-refractivity contribution >= 4 is 21.7 Å². The largest absolute Gasteiger partial charge is 0.355 e. The van der Waals surface area contributed by atoms with E-state index in [2.05, 4.69) is 75.4 Å². The zero-order chi connectivity index (χ0) is 14.5. The topological polar surface area (TPSA) is 28.2 Å². The first kappa shape index (κ1) is 15.0. The van der Waals surface area contributed by atoms with Gasteiger partial charge in [0, 0.05) is 30.3 Å². The Morgan fingerprint density at radius 2 is 2.10 bits per heavy atom. The molecule has 20 heavy (non-hydrogen) atoms. The van der Waals surface area contributed by atoms with Crippen LogP contribution < -0.4 is 10.2 Å². The molecule has 0 aliphatic heterocycles. The van der Waals surface area contributed by atoms with Crippen LogP contribution in [0.3, 0.4) is 0 Å². The molecule has 0 aliphatic carbocycles. The van der Waals surface area contributed by atoms with Gasteiger partial charge in [0.15, 0.2) is 0 Å². The van der Waals surface area contributed by atoms with E-state index < -0.39 is 0 Å². The van der Waals surface area contributed by atoms with Gasteiger partial charge in [0.05, 0.1) is 0 Å². The van der Waals surface area contributed by atoms with Crippen molar-refractivity contribution in [2.75, 3.05) is 19.0 Å². The van der Waals surface area contributed by atoms with Gasteiger partial charge in [0.2, 0.25) is 0 Å². The van der Waals surface area contributed by atoms with E-state index in [1.807, 2.05) is 19.3 Å². The molecule has 0 fully saturated rings. The Morgan fingerprint density at radius 1 is 1.30 bits per heavy atom. The van der Waals surface area contributed by atoms with Crippen LogP contribution in [0.25, 0.3) is 0 Å². The van der Waals surface area contributed by atoms with E-state index in [0.717, 1.165) is 16.8 Å². The number of nitrogens with zero attached hydrogens (tertiary/aromatic N) is 2. The van der Waals surface area contributed by atoms with Crippen LogP contribution in [-0.4, -0.2) is 19.1 Å². The second-order valence-corrected chi connectivity index (χ2v) is 5.86. The molecule has 0 saturated carbocycles. The number of aromatic nitrogens is 1.